The predicted octanol–water partition coefficient (Wildman–Crippen LogP) is 2.86. The van der Waals surface area contributed by atoms with E-state index in [9.17, 15) is 4.79 Å². The van der Waals surface area contributed by atoms with E-state index in [1.54, 1.807) is 32.4 Å². The highest BCUT2D eigenvalue weighted by Crippen LogP contribution is 2.41. The van der Waals surface area contributed by atoms with Crippen molar-refractivity contribution >= 4 is 16.7 Å². The molecule has 0 spiro atoms. The van der Waals surface area contributed by atoms with Crippen LogP contribution in [-0.2, 0) is 14.2 Å². The Hall–Kier alpha value is -1.95. The Kier molecular flexibility index (Phi) is 3.17. The summed E-state index contributed by atoms with van der Waals surface area (Å²) in [6, 6.07) is 8.85. The molecule has 2 atom stereocenters. The lowest BCUT2D eigenvalue weighted by molar-refractivity contribution is -0.217. The normalized spacial score (nSPS) is 21.1. The Balaban J connectivity index is 2.18. The van der Waals surface area contributed by atoms with Crippen LogP contribution in [0.15, 0.2) is 30.3 Å². The van der Waals surface area contributed by atoms with Crippen LogP contribution < -0.4 is 0 Å². The van der Waals surface area contributed by atoms with Crippen molar-refractivity contribution in [1.82, 2.24) is 0 Å². The number of aromatic carboxylic acids is 1. The average molecular weight is 274 g/mol. The molecule has 0 unspecified atom stereocenters. The van der Waals surface area contributed by atoms with Gasteiger partial charge >= 0.3 is 5.97 Å². The van der Waals surface area contributed by atoms with Crippen LogP contribution in [0, 0.1) is 0 Å². The van der Waals surface area contributed by atoms with Crippen LogP contribution in [-0.4, -0.2) is 25.3 Å². The fourth-order valence-electron chi connectivity index (χ4n) is 2.50. The summed E-state index contributed by atoms with van der Waals surface area (Å²) in [5.41, 5.74) is 2.04. The molecule has 2 aromatic rings. The minimum absolute atomic E-state index is 0.258. The second-order valence-electron chi connectivity index (χ2n) is 4.62. The van der Waals surface area contributed by atoms with Gasteiger partial charge in [-0.05, 0) is 35.0 Å². The second kappa shape index (κ2) is 4.86. The van der Waals surface area contributed by atoms with Crippen molar-refractivity contribution in [2.45, 2.75) is 12.6 Å². The SMILES string of the molecule is CO[C@H]1O[C@H](OC)c2cc3cc(C(=O)O)ccc3cc21. The Morgan fingerprint density at radius 3 is 2.20 bits per heavy atom. The first-order chi connectivity index (χ1) is 9.63. The standard InChI is InChI=1S/C15H14O5/c1-18-14-11-6-8-3-4-9(13(16)17)5-10(8)7-12(11)15(19-2)20-14/h3-7,14-15H,1-2H3,(H,16,17)/t14-,15-/m0/s1. The molecule has 0 aliphatic carbocycles. The van der Waals surface area contributed by atoms with Crippen molar-refractivity contribution in [3.05, 3.63) is 47.0 Å². The molecule has 0 saturated heterocycles. The van der Waals surface area contributed by atoms with Gasteiger partial charge in [-0.25, -0.2) is 4.79 Å². The van der Waals surface area contributed by atoms with E-state index >= 15 is 0 Å². The molecule has 0 fully saturated rings. The number of ether oxygens (including phenoxy) is 3. The Labute approximate surface area is 115 Å². The van der Waals surface area contributed by atoms with E-state index in [-0.39, 0.29) is 5.56 Å². The molecular weight excluding hydrogens is 260 g/mol. The number of hydrogen-bond donors (Lipinski definition) is 1. The average Bonchev–Trinajstić information content (AvgIpc) is 2.81. The molecule has 104 valence electrons. The summed E-state index contributed by atoms with van der Waals surface area (Å²) >= 11 is 0. The largest absolute Gasteiger partial charge is 0.478 e. The van der Waals surface area contributed by atoms with Gasteiger partial charge < -0.3 is 19.3 Å². The van der Waals surface area contributed by atoms with E-state index in [2.05, 4.69) is 0 Å². The number of benzene rings is 2. The molecule has 1 N–H and O–H groups in total. The molecule has 1 heterocycles. The van der Waals surface area contributed by atoms with E-state index in [0.717, 1.165) is 21.9 Å². The molecule has 5 heteroatoms. The first kappa shape index (κ1) is 13.1. The van der Waals surface area contributed by atoms with Gasteiger partial charge in [-0.2, -0.15) is 0 Å². The molecule has 3 rings (SSSR count). The maximum atomic E-state index is 11.0. The number of carboxylic acids is 1. The summed E-state index contributed by atoms with van der Waals surface area (Å²) < 4.78 is 16.2. The number of hydrogen-bond acceptors (Lipinski definition) is 4. The van der Waals surface area contributed by atoms with E-state index in [1.807, 2.05) is 12.1 Å². The Morgan fingerprint density at radius 1 is 1.05 bits per heavy atom. The smallest absolute Gasteiger partial charge is 0.335 e. The molecule has 1 aliphatic heterocycles. The molecular formula is C15H14O5. The van der Waals surface area contributed by atoms with Gasteiger partial charge in [-0.3, -0.25) is 0 Å². The molecule has 1 aliphatic rings. The van der Waals surface area contributed by atoms with Crippen molar-refractivity contribution in [3.8, 4) is 0 Å². The summed E-state index contributed by atoms with van der Waals surface area (Å²) in [7, 11) is 3.13. The van der Waals surface area contributed by atoms with Crippen molar-refractivity contribution in [1.29, 1.82) is 0 Å². The minimum atomic E-state index is -0.943. The van der Waals surface area contributed by atoms with Crippen LogP contribution in [0.2, 0.25) is 0 Å². The maximum Gasteiger partial charge on any atom is 0.335 e. The van der Waals surface area contributed by atoms with Gasteiger partial charge in [0, 0.05) is 25.3 Å². The van der Waals surface area contributed by atoms with Crippen LogP contribution in [0.1, 0.15) is 34.1 Å². The van der Waals surface area contributed by atoms with Gasteiger partial charge in [-0.1, -0.05) is 6.07 Å². The fraction of sp³-hybridized carbons (Fsp3) is 0.267. The highest BCUT2D eigenvalue weighted by molar-refractivity contribution is 5.95. The van der Waals surface area contributed by atoms with Crippen LogP contribution in [0.25, 0.3) is 10.8 Å². The summed E-state index contributed by atoms with van der Waals surface area (Å²) in [4.78, 5) is 11.0. The van der Waals surface area contributed by atoms with Gasteiger partial charge in [0.25, 0.3) is 0 Å². The van der Waals surface area contributed by atoms with Crippen LogP contribution >= 0.6 is 0 Å². The van der Waals surface area contributed by atoms with Crippen molar-refractivity contribution in [3.63, 3.8) is 0 Å². The summed E-state index contributed by atoms with van der Waals surface area (Å²) in [5, 5.41) is 10.8. The predicted molar refractivity (Wildman–Crippen MR) is 71.5 cm³/mol. The molecule has 5 nitrogen and oxygen atoms in total. The Morgan fingerprint density at radius 2 is 1.65 bits per heavy atom. The van der Waals surface area contributed by atoms with E-state index in [4.69, 9.17) is 19.3 Å². The highest BCUT2D eigenvalue weighted by atomic mass is 16.8. The van der Waals surface area contributed by atoms with Crippen LogP contribution in [0.3, 0.4) is 0 Å². The number of methoxy groups -OCH3 is 2. The zero-order valence-corrected chi connectivity index (χ0v) is 11.1. The third-order valence-corrected chi connectivity index (χ3v) is 3.47. The zero-order valence-electron chi connectivity index (χ0n) is 11.1. The number of fused-ring (bicyclic) bond motifs is 2. The van der Waals surface area contributed by atoms with Crippen molar-refractivity contribution in [2.75, 3.05) is 14.2 Å². The summed E-state index contributed by atoms with van der Waals surface area (Å²) in [6.45, 7) is 0. The van der Waals surface area contributed by atoms with E-state index in [0.29, 0.717) is 0 Å². The van der Waals surface area contributed by atoms with Crippen LogP contribution in [0.5, 0.6) is 0 Å². The fourth-order valence-corrected chi connectivity index (χ4v) is 2.50. The van der Waals surface area contributed by atoms with Gasteiger partial charge in [0.2, 0.25) is 0 Å². The van der Waals surface area contributed by atoms with E-state index in [1.165, 1.54) is 0 Å². The maximum absolute atomic E-state index is 11.0. The summed E-state index contributed by atoms with van der Waals surface area (Å²) in [6.07, 6.45) is -0.952. The topological polar surface area (TPSA) is 65.0 Å². The quantitative estimate of drug-likeness (QED) is 0.932. The van der Waals surface area contributed by atoms with Gasteiger partial charge in [-0.15, -0.1) is 0 Å². The van der Waals surface area contributed by atoms with Gasteiger partial charge in [0.15, 0.2) is 12.6 Å². The second-order valence-corrected chi connectivity index (χ2v) is 4.62. The van der Waals surface area contributed by atoms with Crippen LogP contribution in [0.4, 0.5) is 0 Å². The lowest BCUT2D eigenvalue weighted by atomic mass is 10.00. The number of rotatable bonds is 3. The molecule has 0 aromatic heterocycles. The zero-order chi connectivity index (χ0) is 14.3. The minimum Gasteiger partial charge on any atom is -0.478 e. The Bertz CT molecular complexity index is 679. The summed E-state index contributed by atoms with van der Waals surface area (Å²) in [5.74, 6) is -0.943. The van der Waals surface area contributed by atoms with Gasteiger partial charge in [0.1, 0.15) is 0 Å². The van der Waals surface area contributed by atoms with Crippen molar-refractivity contribution < 1.29 is 24.1 Å². The molecule has 0 amide bonds. The number of carboxylic acid groups (broad SMARTS) is 1. The van der Waals surface area contributed by atoms with Gasteiger partial charge in [0.05, 0.1) is 5.56 Å². The lowest BCUT2D eigenvalue weighted by Gasteiger charge is -2.10. The lowest BCUT2D eigenvalue weighted by Crippen LogP contribution is -2.01. The molecule has 2 aromatic carbocycles. The molecule has 0 saturated carbocycles. The molecule has 0 bridgehead atoms. The molecule has 0 radical (unpaired) electrons. The first-order valence-electron chi connectivity index (χ1n) is 6.16. The monoisotopic (exact) mass is 274 g/mol. The highest BCUT2D eigenvalue weighted by Gasteiger charge is 2.32. The van der Waals surface area contributed by atoms with E-state index < -0.39 is 18.5 Å². The molecule has 20 heavy (non-hydrogen) atoms. The third-order valence-electron chi connectivity index (χ3n) is 3.47. The third kappa shape index (κ3) is 1.96. The van der Waals surface area contributed by atoms with Crippen molar-refractivity contribution in [2.24, 2.45) is 0 Å². The number of carbonyl (C=O) groups is 1. The first-order valence-corrected chi connectivity index (χ1v) is 6.16.